The molecule has 2 aromatic rings. The maximum Gasteiger partial charge on any atom is 0.152 e. The normalized spacial score (nSPS) is 14.1. The molecule has 0 saturated heterocycles. The van der Waals surface area contributed by atoms with Gasteiger partial charge in [-0.2, -0.15) is 5.26 Å². The van der Waals surface area contributed by atoms with Crippen LogP contribution in [0.4, 0.5) is 11.5 Å². The van der Waals surface area contributed by atoms with Gasteiger partial charge in [-0.15, -0.1) is 11.3 Å². The minimum Gasteiger partial charge on any atom is -0.396 e. The predicted octanol–water partition coefficient (Wildman–Crippen LogP) is 2.16. The van der Waals surface area contributed by atoms with Crippen LogP contribution in [0.5, 0.6) is 0 Å². The molecule has 1 aliphatic rings. The Morgan fingerprint density at radius 2 is 2.39 bits per heavy atom. The Kier molecular flexibility index (Phi) is 2.65. The van der Waals surface area contributed by atoms with Gasteiger partial charge in [-0.1, -0.05) is 0 Å². The summed E-state index contributed by atoms with van der Waals surface area (Å²) in [6.45, 7) is 1.78. The number of nitrogens with zero attached hydrogens (tertiary/aromatic N) is 3. The van der Waals surface area contributed by atoms with E-state index in [-0.39, 0.29) is 0 Å². The first-order chi connectivity index (χ1) is 8.78. The monoisotopic (exact) mass is 256 g/mol. The fourth-order valence-electron chi connectivity index (χ4n) is 2.23. The van der Waals surface area contributed by atoms with Gasteiger partial charge in [0.25, 0.3) is 0 Å². The summed E-state index contributed by atoms with van der Waals surface area (Å²) >= 11 is 1.81. The van der Waals surface area contributed by atoms with Gasteiger partial charge in [0.1, 0.15) is 6.07 Å². The zero-order valence-electron chi connectivity index (χ0n) is 9.76. The van der Waals surface area contributed by atoms with Crippen LogP contribution >= 0.6 is 11.3 Å². The maximum absolute atomic E-state index is 8.81. The summed E-state index contributed by atoms with van der Waals surface area (Å²) in [4.78, 5) is 7.94. The molecular weight excluding hydrogens is 244 g/mol. The van der Waals surface area contributed by atoms with Gasteiger partial charge in [-0.25, -0.2) is 4.98 Å². The summed E-state index contributed by atoms with van der Waals surface area (Å²) in [7, 11) is 0. The van der Waals surface area contributed by atoms with Gasteiger partial charge in [0.15, 0.2) is 5.82 Å². The molecule has 0 bridgehead atoms. The number of fused-ring (bicyclic) bond motifs is 1. The lowest BCUT2D eigenvalue weighted by Gasteiger charge is -2.28. The second-order valence-electron chi connectivity index (χ2n) is 4.29. The maximum atomic E-state index is 8.81. The highest BCUT2D eigenvalue weighted by molar-refractivity contribution is 7.10. The number of thiophene rings is 1. The van der Waals surface area contributed by atoms with E-state index in [0.717, 1.165) is 25.3 Å². The van der Waals surface area contributed by atoms with Crippen molar-refractivity contribution in [1.29, 1.82) is 5.26 Å². The Morgan fingerprint density at radius 3 is 3.17 bits per heavy atom. The molecule has 0 fully saturated rings. The molecule has 0 aromatic carbocycles. The van der Waals surface area contributed by atoms with Gasteiger partial charge >= 0.3 is 0 Å². The van der Waals surface area contributed by atoms with E-state index in [4.69, 9.17) is 11.0 Å². The lowest BCUT2D eigenvalue weighted by atomic mass is 10.1. The Labute approximate surface area is 109 Å². The number of anilines is 2. The SMILES string of the molecule is N#Cc1cnc(N2CCc3sccc3C2)c(N)c1. The van der Waals surface area contributed by atoms with E-state index in [1.807, 2.05) is 11.3 Å². The van der Waals surface area contributed by atoms with Crippen molar-refractivity contribution < 1.29 is 0 Å². The Balaban J connectivity index is 1.91. The van der Waals surface area contributed by atoms with Crippen molar-refractivity contribution in [2.75, 3.05) is 17.2 Å². The quantitative estimate of drug-likeness (QED) is 0.849. The molecule has 0 unspecified atom stereocenters. The number of hydrogen-bond acceptors (Lipinski definition) is 5. The van der Waals surface area contributed by atoms with Crippen molar-refractivity contribution >= 4 is 22.8 Å². The minimum absolute atomic E-state index is 0.504. The number of pyridine rings is 1. The van der Waals surface area contributed by atoms with E-state index in [0.29, 0.717) is 11.3 Å². The largest absolute Gasteiger partial charge is 0.396 e. The first kappa shape index (κ1) is 11.1. The van der Waals surface area contributed by atoms with Crippen molar-refractivity contribution in [3.8, 4) is 6.07 Å². The van der Waals surface area contributed by atoms with Crippen LogP contribution in [0.2, 0.25) is 0 Å². The highest BCUT2D eigenvalue weighted by Gasteiger charge is 2.20. The Morgan fingerprint density at radius 1 is 1.50 bits per heavy atom. The third-order valence-electron chi connectivity index (χ3n) is 3.13. The number of hydrogen-bond donors (Lipinski definition) is 1. The van der Waals surface area contributed by atoms with Gasteiger partial charge in [0, 0.05) is 24.2 Å². The molecule has 0 aliphatic carbocycles. The molecule has 2 aromatic heterocycles. The van der Waals surface area contributed by atoms with Gasteiger partial charge in [-0.05, 0) is 29.5 Å². The van der Waals surface area contributed by atoms with Crippen molar-refractivity contribution in [2.45, 2.75) is 13.0 Å². The van der Waals surface area contributed by atoms with Crippen molar-refractivity contribution in [3.63, 3.8) is 0 Å². The van der Waals surface area contributed by atoms with Gasteiger partial charge in [0.05, 0.1) is 11.3 Å². The average molecular weight is 256 g/mol. The molecule has 90 valence electrons. The standard InChI is InChI=1S/C13H12N4S/c14-6-9-5-11(15)13(16-7-9)17-3-1-12-10(8-17)2-4-18-12/h2,4-5,7H,1,3,8,15H2. The number of nitrogens with two attached hydrogens (primary N) is 1. The van der Waals surface area contributed by atoms with Crippen LogP contribution in [-0.2, 0) is 13.0 Å². The Bertz CT molecular complexity index is 626. The lowest BCUT2D eigenvalue weighted by Crippen LogP contribution is -2.30. The lowest BCUT2D eigenvalue weighted by molar-refractivity contribution is 0.733. The molecule has 0 spiro atoms. The predicted molar refractivity (Wildman–Crippen MR) is 72.4 cm³/mol. The molecule has 3 heterocycles. The molecule has 4 nitrogen and oxygen atoms in total. The van der Waals surface area contributed by atoms with E-state index in [2.05, 4.69) is 27.4 Å². The van der Waals surface area contributed by atoms with Crippen LogP contribution in [0.15, 0.2) is 23.7 Å². The molecule has 2 N–H and O–H groups in total. The topological polar surface area (TPSA) is 65.9 Å². The summed E-state index contributed by atoms with van der Waals surface area (Å²) < 4.78 is 0. The summed E-state index contributed by atoms with van der Waals surface area (Å²) in [5, 5.41) is 10.9. The van der Waals surface area contributed by atoms with Crippen LogP contribution in [0.25, 0.3) is 0 Å². The van der Waals surface area contributed by atoms with E-state index >= 15 is 0 Å². The number of rotatable bonds is 1. The Hall–Kier alpha value is -2.06. The van der Waals surface area contributed by atoms with Crippen molar-refractivity contribution in [2.24, 2.45) is 0 Å². The van der Waals surface area contributed by atoms with Crippen LogP contribution in [0.1, 0.15) is 16.0 Å². The average Bonchev–Trinajstić information content (AvgIpc) is 2.85. The molecule has 0 saturated carbocycles. The highest BCUT2D eigenvalue weighted by atomic mass is 32.1. The van der Waals surface area contributed by atoms with Crippen LogP contribution in [0.3, 0.4) is 0 Å². The third kappa shape index (κ3) is 1.81. The first-order valence-electron chi connectivity index (χ1n) is 5.74. The molecule has 0 radical (unpaired) electrons. The van der Waals surface area contributed by atoms with E-state index in [9.17, 15) is 0 Å². The molecule has 0 amide bonds. The number of aromatic nitrogens is 1. The van der Waals surface area contributed by atoms with Crippen molar-refractivity contribution in [1.82, 2.24) is 4.98 Å². The van der Waals surface area contributed by atoms with Crippen LogP contribution in [-0.4, -0.2) is 11.5 Å². The summed E-state index contributed by atoms with van der Waals surface area (Å²) in [5.74, 6) is 0.783. The second-order valence-corrected chi connectivity index (χ2v) is 5.29. The zero-order valence-corrected chi connectivity index (χ0v) is 10.6. The summed E-state index contributed by atoms with van der Waals surface area (Å²) in [5.41, 5.74) is 8.41. The minimum atomic E-state index is 0.504. The first-order valence-corrected chi connectivity index (χ1v) is 6.61. The highest BCUT2D eigenvalue weighted by Crippen LogP contribution is 2.29. The molecule has 3 rings (SSSR count). The fourth-order valence-corrected chi connectivity index (χ4v) is 3.12. The number of nitrogen functional groups attached to an aromatic ring is 1. The molecule has 1 aliphatic heterocycles. The summed E-state index contributed by atoms with van der Waals surface area (Å²) in [6, 6.07) is 5.89. The summed E-state index contributed by atoms with van der Waals surface area (Å²) in [6.07, 6.45) is 2.61. The van der Waals surface area contributed by atoms with Crippen LogP contribution in [0, 0.1) is 11.3 Å². The van der Waals surface area contributed by atoms with E-state index < -0.39 is 0 Å². The van der Waals surface area contributed by atoms with Gasteiger partial charge in [-0.3, -0.25) is 0 Å². The zero-order chi connectivity index (χ0) is 12.5. The molecule has 5 heteroatoms. The fraction of sp³-hybridized carbons (Fsp3) is 0.231. The van der Waals surface area contributed by atoms with E-state index in [1.165, 1.54) is 10.4 Å². The molecule has 18 heavy (non-hydrogen) atoms. The van der Waals surface area contributed by atoms with Crippen LogP contribution < -0.4 is 10.6 Å². The molecular formula is C13H12N4S. The van der Waals surface area contributed by atoms with E-state index in [1.54, 1.807) is 12.3 Å². The number of nitriles is 1. The smallest absolute Gasteiger partial charge is 0.152 e. The second kappa shape index (κ2) is 4.31. The van der Waals surface area contributed by atoms with Gasteiger partial charge in [0.2, 0.25) is 0 Å². The third-order valence-corrected chi connectivity index (χ3v) is 4.15. The van der Waals surface area contributed by atoms with Gasteiger partial charge < -0.3 is 10.6 Å². The van der Waals surface area contributed by atoms with Crippen molar-refractivity contribution in [3.05, 3.63) is 39.7 Å². The molecule has 0 atom stereocenters.